The van der Waals surface area contributed by atoms with E-state index in [1.54, 1.807) is 24.3 Å². The van der Waals surface area contributed by atoms with Crippen LogP contribution >= 0.6 is 0 Å². The highest BCUT2D eigenvalue weighted by Gasteiger charge is 2.41. The number of carbonyl (C=O) groups is 2. The van der Waals surface area contributed by atoms with E-state index in [-0.39, 0.29) is 17.7 Å². The average molecular weight is 393 g/mol. The van der Waals surface area contributed by atoms with Crippen molar-refractivity contribution in [3.63, 3.8) is 0 Å². The third-order valence-corrected chi connectivity index (χ3v) is 4.87. The van der Waals surface area contributed by atoms with E-state index in [0.29, 0.717) is 17.6 Å². The van der Waals surface area contributed by atoms with Gasteiger partial charge in [-0.3, -0.25) is 4.79 Å². The largest absolute Gasteiger partial charge is 0.497 e. The van der Waals surface area contributed by atoms with Gasteiger partial charge in [-0.15, -0.1) is 0 Å². The number of aliphatic hydroxyl groups is 1. The Bertz CT molecular complexity index is 880. The maximum Gasteiger partial charge on any atom is 0.416 e. The van der Waals surface area contributed by atoms with Crippen molar-refractivity contribution in [3.8, 4) is 5.75 Å². The number of benzene rings is 2. The van der Waals surface area contributed by atoms with Gasteiger partial charge in [-0.25, -0.2) is 0 Å². The lowest BCUT2D eigenvalue weighted by molar-refractivity contribution is -0.138. The zero-order valence-electron chi connectivity index (χ0n) is 14.9. The number of methoxy groups -OCH3 is 1. The monoisotopic (exact) mass is 393 g/mol. The SMILES string of the molecule is COc1ccc(C2Cc3c(cccc3C(F)(F)F)N(CC=O)C(=O)[C@@H]2O)cc1. The number of rotatable bonds is 4. The summed E-state index contributed by atoms with van der Waals surface area (Å²) in [5, 5.41) is 10.6. The Morgan fingerprint density at radius 2 is 1.89 bits per heavy atom. The minimum absolute atomic E-state index is 0.0120. The number of hydrogen-bond acceptors (Lipinski definition) is 4. The smallest absolute Gasteiger partial charge is 0.416 e. The van der Waals surface area contributed by atoms with Crippen molar-refractivity contribution in [1.29, 1.82) is 0 Å². The number of fused-ring (bicyclic) bond motifs is 1. The highest BCUT2D eigenvalue weighted by Crippen LogP contribution is 2.42. The molecule has 0 fully saturated rings. The Hall–Kier alpha value is -2.87. The molecule has 148 valence electrons. The van der Waals surface area contributed by atoms with Crippen LogP contribution in [0.5, 0.6) is 5.75 Å². The second-order valence-electron chi connectivity index (χ2n) is 6.45. The molecule has 1 heterocycles. The first-order valence-corrected chi connectivity index (χ1v) is 8.54. The molecule has 2 aromatic carbocycles. The predicted octanol–water partition coefficient (Wildman–Crippen LogP) is 2.95. The van der Waals surface area contributed by atoms with E-state index in [1.165, 1.54) is 19.2 Å². The number of carbonyl (C=O) groups excluding carboxylic acids is 2. The Kier molecular flexibility index (Phi) is 5.42. The second-order valence-corrected chi connectivity index (χ2v) is 6.45. The number of ether oxygens (including phenoxy) is 1. The maximum absolute atomic E-state index is 13.6. The van der Waals surface area contributed by atoms with Gasteiger partial charge in [0.05, 0.1) is 19.2 Å². The third-order valence-electron chi connectivity index (χ3n) is 4.87. The number of hydrogen-bond donors (Lipinski definition) is 1. The van der Waals surface area contributed by atoms with Crippen molar-refractivity contribution in [1.82, 2.24) is 0 Å². The summed E-state index contributed by atoms with van der Waals surface area (Å²) in [6, 6.07) is 9.90. The van der Waals surface area contributed by atoms with E-state index in [9.17, 15) is 27.9 Å². The quantitative estimate of drug-likeness (QED) is 0.812. The highest BCUT2D eigenvalue weighted by molar-refractivity contribution is 6.00. The van der Waals surface area contributed by atoms with E-state index < -0.39 is 36.2 Å². The molecule has 0 radical (unpaired) electrons. The van der Waals surface area contributed by atoms with Gasteiger partial charge in [-0.05, 0) is 41.8 Å². The van der Waals surface area contributed by atoms with Crippen LogP contribution in [-0.4, -0.2) is 37.1 Å². The summed E-state index contributed by atoms with van der Waals surface area (Å²) < 4.78 is 45.8. The van der Waals surface area contributed by atoms with Crippen molar-refractivity contribution in [3.05, 3.63) is 59.2 Å². The van der Waals surface area contributed by atoms with Crippen LogP contribution in [0.15, 0.2) is 42.5 Å². The maximum atomic E-state index is 13.6. The summed E-state index contributed by atoms with van der Waals surface area (Å²) in [4.78, 5) is 24.7. The lowest BCUT2D eigenvalue weighted by Crippen LogP contribution is -2.41. The summed E-state index contributed by atoms with van der Waals surface area (Å²) in [7, 11) is 1.47. The van der Waals surface area contributed by atoms with Gasteiger partial charge in [-0.1, -0.05) is 18.2 Å². The molecule has 1 N–H and O–H groups in total. The molecule has 3 rings (SSSR count). The molecule has 0 aromatic heterocycles. The summed E-state index contributed by atoms with van der Waals surface area (Å²) in [5.74, 6) is -1.18. The summed E-state index contributed by atoms with van der Waals surface area (Å²) in [6.07, 6.45) is -6.02. The highest BCUT2D eigenvalue weighted by atomic mass is 19.4. The topological polar surface area (TPSA) is 66.8 Å². The van der Waals surface area contributed by atoms with Gasteiger partial charge in [0.1, 0.15) is 18.1 Å². The molecule has 0 aliphatic carbocycles. The zero-order valence-corrected chi connectivity index (χ0v) is 14.9. The lowest BCUT2D eigenvalue weighted by Gasteiger charge is -2.24. The number of nitrogens with zero attached hydrogens (tertiary/aromatic N) is 1. The zero-order chi connectivity index (χ0) is 20.5. The third kappa shape index (κ3) is 3.60. The number of halogens is 3. The van der Waals surface area contributed by atoms with Gasteiger partial charge < -0.3 is 19.5 Å². The normalized spacial score (nSPS) is 19.8. The summed E-state index contributed by atoms with van der Waals surface area (Å²) in [5.41, 5.74) is -0.525. The number of alkyl halides is 3. The second kappa shape index (κ2) is 7.63. The molecule has 1 amide bonds. The van der Waals surface area contributed by atoms with Crippen molar-refractivity contribution >= 4 is 17.9 Å². The standard InChI is InChI=1S/C20H18F3NO4/c1-28-13-7-5-12(6-8-13)14-11-15-16(20(21,22)23)3-2-4-17(15)24(9-10-25)19(27)18(14)26/h2-8,10,14,18,26H,9,11H2,1H3/t14?,18-/m1/s1. The molecule has 28 heavy (non-hydrogen) atoms. The Balaban J connectivity index is 2.17. The van der Waals surface area contributed by atoms with Crippen molar-refractivity contribution < 1.29 is 32.6 Å². The molecule has 0 bridgehead atoms. The molecule has 0 saturated carbocycles. The van der Waals surface area contributed by atoms with E-state index >= 15 is 0 Å². The molecular formula is C20H18F3NO4. The number of anilines is 1. The Morgan fingerprint density at radius 1 is 1.21 bits per heavy atom. The van der Waals surface area contributed by atoms with Crippen LogP contribution in [0.3, 0.4) is 0 Å². The van der Waals surface area contributed by atoms with Gasteiger partial charge in [0.15, 0.2) is 0 Å². The van der Waals surface area contributed by atoms with Gasteiger partial charge in [0.2, 0.25) is 0 Å². The van der Waals surface area contributed by atoms with Crippen LogP contribution in [-0.2, 0) is 22.2 Å². The molecule has 2 atom stereocenters. The first kappa shape index (κ1) is 19.9. The van der Waals surface area contributed by atoms with Gasteiger partial charge in [0.25, 0.3) is 5.91 Å². The minimum Gasteiger partial charge on any atom is -0.497 e. The van der Waals surface area contributed by atoms with Gasteiger partial charge in [-0.2, -0.15) is 13.2 Å². The van der Waals surface area contributed by atoms with Crippen LogP contribution in [0, 0.1) is 0 Å². The average Bonchev–Trinajstić information content (AvgIpc) is 2.78. The summed E-state index contributed by atoms with van der Waals surface area (Å²) >= 11 is 0. The molecule has 1 aliphatic heterocycles. The molecule has 1 aliphatic rings. The van der Waals surface area contributed by atoms with Gasteiger partial charge >= 0.3 is 6.18 Å². The number of aldehydes is 1. The van der Waals surface area contributed by atoms with Crippen LogP contribution in [0.25, 0.3) is 0 Å². The van der Waals surface area contributed by atoms with E-state index in [0.717, 1.165) is 11.0 Å². The van der Waals surface area contributed by atoms with Crippen LogP contribution in [0.4, 0.5) is 18.9 Å². The molecular weight excluding hydrogens is 375 g/mol. The van der Waals surface area contributed by atoms with Crippen molar-refractivity contribution in [2.24, 2.45) is 0 Å². The van der Waals surface area contributed by atoms with Crippen molar-refractivity contribution in [2.45, 2.75) is 24.6 Å². The van der Waals surface area contributed by atoms with E-state index in [1.807, 2.05) is 0 Å². The number of amides is 1. The molecule has 0 saturated heterocycles. The fraction of sp³-hybridized carbons (Fsp3) is 0.300. The Labute approximate surface area is 159 Å². The fourth-order valence-electron chi connectivity index (χ4n) is 3.50. The first-order valence-electron chi connectivity index (χ1n) is 8.54. The molecule has 0 spiro atoms. The molecule has 2 aromatic rings. The van der Waals surface area contributed by atoms with Crippen LogP contribution < -0.4 is 9.64 Å². The molecule has 8 heteroatoms. The fourth-order valence-corrected chi connectivity index (χ4v) is 3.50. The van der Waals surface area contributed by atoms with Crippen molar-refractivity contribution in [2.75, 3.05) is 18.6 Å². The predicted molar refractivity (Wildman–Crippen MR) is 95.3 cm³/mol. The lowest BCUT2D eigenvalue weighted by atomic mass is 9.86. The molecule has 5 nitrogen and oxygen atoms in total. The van der Waals surface area contributed by atoms with Gasteiger partial charge in [0, 0.05) is 11.6 Å². The molecule has 1 unspecified atom stereocenters. The number of aliphatic hydroxyl groups excluding tert-OH is 1. The first-order chi connectivity index (χ1) is 13.3. The summed E-state index contributed by atoms with van der Waals surface area (Å²) in [6.45, 7) is -0.445. The minimum atomic E-state index is -4.64. The van der Waals surface area contributed by atoms with Crippen LogP contribution in [0.2, 0.25) is 0 Å². The van der Waals surface area contributed by atoms with Crippen LogP contribution in [0.1, 0.15) is 22.6 Å². The Morgan fingerprint density at radius 3 is 2.46 bits per heavy atom. The van der Waals surface area contributed by atoms with E-state index in [2.05, 4.69) is 0 Å². The van der Waals surface area contributed by atoms with E-state index in [4.69, 9.17) is 4.74 Å².